The first-order valence-electron chi connectivity index (χ1n) is 10.2. The molecule has 3 aromatic rings. The number of ether oxygens (including phenoxy) is 1. The molecule has 1 saturated heterocycles. The highest BCUT2D eigenvalue weighted by Crippen LogP contribution is 2.22. The zero-order valence-corrected chi connectivity index (χ0v) is 17.1. The molecule has 154 valence electrons. The zero-order valence-electron chi connectivity index (χ0n) is 17.1. The standard InChI is InChI=1S/C25H25FN2O2/c1-18-2-4-19(5-3-18)14-21-8-11-23(27-16-21)24-17-28(12-13-30-24)25(29)15-20-6-9-22(26)10-7-20/h2-11,16,24H,12-15,17H2,1H3. The minimum Gasteiger partial charge on any atom is -0.368 e. The van der Waals surface area contributed by atoms with Crippen LogP contribution in [0.5, 0.6) is 0 Å². The van der Waals surface area contributed by atoms with Gasteiger partial charge in [0.05, 0.1) is 25.3 Å². The van der Waals surface area contributed by atoms with E-state index in [0.29, 0.717) is 19.7 Å². The molecule has 1 amide bonds. The number of aromatic nitrogens is 1. The Labute approximate surface area is 176 Å². The molecule has 0 spiro atoms. The normalized spacial score (nSPS) is 16.5. The van der Waals surface area contributed by atoms with Crippen LogP contribution in [0.1, 0.15) is 34.1 Å². The monoisotopic (exact) mass is 404 g/mol. The highest BCUT2D eigenvalue weighted by Gasteiger charge is 2.26. The van der Waals surface area contributed by atoms with Gasteiger partial charge in [-0.2, -0.15) is 0 Å². The molecule has 1 fully saturated rings. The highest BCUT2D eigenvalue weighted by molar-refractivity contribution is 5.78. The SMILES string of the molecule is Cc1ccc(Cc2ccc(C3CN(C(=O)Cc4ccc(F)cc4)CCO3)nc2)cc1. The predicted octanol–water partition coefficient (Wildman–Crippen LogP) is 4.26. The van der Waals surface area contributed by atoms with Crippen LogP contribution in [0, 0.1) is 12.7 Å². The van der Waals surface area contributed by atoms with Crippen molar-refractivity contribution >= 4 is 5.91 Å². The molecule has 4 nitrogen and oxygen atoms in total. The molecule has 1 aliphatic rings. The van der Waals surface area contributed by atoms with Crippen molar-refractivity contribution < 1.29 is 13.9 Å². The minimum absolute atomic E-state index is 0.0194. The summed E-state index contributed by atoms with van der Waals surface area (Å²) in [6.07, 6.45) is 2.75. The van der Waals surface area contributed by atoms with Gasteiger partial charge in [0.2, 0.25) is 5.91 Å². The lowest BCUT2D eigenvalue weighted by molar-refractivity contribution is -0.138. The fraction of sp³-hybridized carbons (Fsp3) is 0.280. The van der Waals surface area contributed by atoms with Crippen molar-refractivity contribution in [2.45, 2.75) is 25.9 Å². The Morgan fingerprint density at radius 2 is 1.73 bits per heavy atom. The first-order valence-corrected chi connectivity index (χ1v) is 10.2. The van der Waals surface area contributed by atoms with Crippen molar-refractivity contribution in [3.63, 3.8) is 0 Å². The maximum absolute atomic E-state index is 13.1. The van der Waals surface area contributed by atoms with Gasteiger partial charge < -0.3 is 9.64 Å². The average Bonchev–Trinajstić information content (AvgIpc) is 2.77. The van der Waals surface area contributed by atoms with Gasteiger partial charge in [0.15, 0.2) is 0 Å². The second-order valence-corrected chi connectivity index (χ2v) is 7.76. The summed E-state index contributed by atoms with van der Waals surface area (Å²) in [7, 11) is 0. The highest BCUT2D eigenvalue weighted by atomic mass is 19.1. The van der Waals surface area contributed by atoms with E-state index in [-0.39, 0.29) is 24.2 Å². The lowest BCUT2D eigenvalue weighted by Crippen LogP contribution is -2.43. The van der Waals surface area contributed by atoms with Gasteiger partial charge in [0.25, 0.3) is 0 Å². The predicted molar refractivity (Wildman–Crippen MR) is 114 cm³/mol. The quantitative estimate of drug-likeness (QED) is 0.638. The molecule has 30 heavy (non-hydrogen) atoms. The van der Waals surface area contributed by atoms with E-state index in [1.165, 1.54) is 23.3 Å². The molecule has 5 heteroatoms. The number of aryl methyl sites for hydroxylation is 1. The third kappa shape index (κ3) is 5.10. The van der Waals surface area contributed by atoms with Gasteiger partial charge in [0.1, 0.15) is 11.9 Å². The molecule has 4 rings (SSSR count). The molecular formula is C25H25FN2O2. The van der Waals surface area contributed by atoms with E-state index in [1.54, 1.807) is 17.0 Å². The summed E-state index contributed by atoms with van der Waals surface area (Å²) in [6.45, 7) is 3.59. The summed E-state index contributed by atoms with van der Waals surface area (Å²) in [4.78, 5) is 19.1. The Balaban J connectivity index is 1.37. The smallest absolute Gasteiger partial charge is 0.227 e. The van der Waals surface area contributed by atoms with Gasteiger partial charge in [-0.25, -0.2) is 4.39 Å². The fourth-order valence-electron chi connectivity index (χ4n) is 3.62. The van der Waals surface area contributed by atoms with Gasteiger partial charge >= 0.3 is 0 Å². The van der Waals surface area contributed by atoms with Crippen LogP contribution < -0.4 is 0 Å². The second-order valence-electron chi connectivity index (χ2n) is 7.76. The number of hydrogen-bond donors (Lipinski definition) is 0. The molecule has 0 aliphatic carbocycles. The van der Waals surface area contributed by atoms with Crippen molar-refractivity contribution in [1.29, 1.82) is 0 Å². The van der Waals surface area contributed by atoms with E-state index in [9.17, 15) is 9.18 Å². The van der Waals surface area contributed by atoms with Crippen molar-refractivity contribution in [3.05, 3.63) is 101 Å². The van der Waals surface area contributed by atoms with Crippen LogP contribution in [0.2, 0.25) is 0 Å². The Hall–Kier alpha value is -3.05. The number of pyridine rings is 1. The number of hydrogen-bond acceptors (Lipinski definition) is 3. The number of halogens is 1. The number of carbonyl (C=O) groups excluding carboxylic acids is 1. The molecular weight excluding hydrogens is 379 g/mol. The Morgan fingerprint density at radius 1 is 1.03 bits per heavy atom. The van der Waals surface area contributed by atoms with Gasteiger partial charge in [-0.15, -0.1) is 0 Å². The third-order valence-electron chi connectivity index (χ3n) is 5.39. The van der Waals surface area contributed by atoms with Crippen molar-refractivity contribution in [1.82, 2.24) is 9.88 Å². The van der Waals surface area contributed by atoms with Crippen LogP contribution in [0.4, 0.5) is 4.39 Å². The molecule has 0 radical (unpaired) electrons. The van der Waals surface area contributed by atoms with E-state index in [4.69, 9.17) is 4.74 Å². The maximum Gasteiger partial charge on any atom is 0.227 e. The summed E-state index contributed by atoms with van der Waals surface area (Å²) in [5.74, 6) is -0.277. The minimum atomic E-state index is -0.297. The number of benzene rings is 2. The van der Waals surface area contributed by atoms with Crippen LogP contribution in [-0.4, -0.2) is 35.5 Å². The Morgan fingerprint density at radius 3 is 2.43 bits per heavy atom. The lowest BCUT2D eigenvalue weighted by Gasteiger charge is -2.32. The van der Waals surface area contributed by atoms with Crippen LogP contribution in [-0.2, 0) is 22.4 Å². The second kappa shape index (κ2) is 9.18. The van der Waals surface area contributed by atoms with E-state index in [1.807, 2.05) is 12.3 Å². The van der Waals surface area contributed by atoms with Crippen molar-refractivity contribution in [3.8, 4) is 0 Å². The molecule has 1 aromatic heterocycles. The van der Waals surface area contributed by atoms with Crippen LogP contribution in [0.25, 0.3) is 0 Å². The van der Waals surface area contributed by atoms with Gasteiger partial charge in [-0.05, 0) is 48.2 Å². The topological polar surface area (TPSA) is 42.4 Å². The molecule has 2 heterocycles. The number of amides is 1. The Kier molecular flexibility index (Phi) is 6.19. The van der Waals surface area contributed by atoms with Crippen molar-refractivity contribution in [2.24, 2.45) is 0 Å². The number of rotatable bonds is 5. The van der Waals surface area contributed by atoms with Crippen LogP contribution in [0.15, 0.2) is 66.9 Å². The summed E-state index contributed by atoms with van der Waals surface area (Å²) in [6, 6.07) is 18.6. The van der Waals surface area contributed by atoms with E-state index >= 15 is 0 Å². The molecule has 1 aliphatic heterocycles. The summed E-state index contributed by atoms with van der Waals surface area (Å²) in [5.41, 5.74) is 5.29. The van der Waals surface area contributed by atoms with Gasteiger partial charge in [0, 0.05) is 12.7 Å². The van der Waals surface area contributed by atoms with Crippen LogP contribution >= 0.6 is 0 Å². The fourth-order valence-corrected chi connectivity index (χ4v) is 3.62. The number of nitrogens with zero attached hydrogens (tertiary/aromatic N) is 2. The van der Waals surface area contributed by atoms with E-state index in [0.717, 1.165) is 23.2 Å². The summed E-state index contributed by atoms with van der Waals surface area (Å²) >= 11 is 0. The molecule has 0 N–H and O–H groups in total. The Bertz CT molecular complexity index is 985. The zero-order chi connectivity index (χ0) is 20.9. The van der Waals surface area contributed by atoms with Gasteiger partial charge in [-0.3, -0.25) is 9.78 Å². The number of morpholine rings is 1. The number of carbonyl (C=O) groups is 1. The van der Waals surface area contributed by atoms with Crippen molar-refractivity contribution in [2.75, 3.05) is 19.7 Å². The summed E-state index contributed by atoms with van der Waals surface area (Å²) in [5, 5.41) is 0. The lowest BCUT2D eigenvalue weighted by atomic mass is 10.0. The van der Waals surface area contributed by atoms with Gasteiger partial charge in [-0.1, -0.05) is 48.0 Å². The third-order valence-corrected chi connectivity index (χ3v) is 5.39. The largest absolute Gasteiger partial charge is 0.368 e. The maximum atomic E-state index is 13.1. The van der Waals surface area contributed by atoms with E-state index < -0.39 is 0 Å². The molecule has 1 atom stereocenters. The molecule has 0 bridgehead atoms. The molecule has 0 saturated carbocycles. The van der Waals surface area contributed by atoms with Crippen LogP contribution in [0.3, 0.4) is 0 Å². The van der Waals surface area contributed by atoms with E-state index in [2.05, 4.69) is 42.2 Å². The average molecular weight is 404 g/mol. The first-order chi connectivity index (χ1) is 14.6. The first kappa shape index (κ1) is 20.2. The molecule has 2 aromatic carbocycles. The molecule has 1 unspecified atom stereocenters. The summed E-state index contributed by atoms with van der Waals surface area (Å²) < 4.78 is 18.9.